The van der Waals surface area contributed by atoms with E-state index in [0.717, 1.165) is 36.1 Å². The highest BCUT2D eigenvalue weighted by molar-refractivity contribution is 5.73. The first kappa shape index (κ1) is 14.4. The average molecular weight is 306 g/mol. The van der Waals surface area contributed by atoms with Crippen LogP contribution < -0.4 is 5.32 Å². The predicted octanol–water partition coefficient (Wildman–Crippen LogP) is 3.94. The molecular formula is C19H22N4. The number of H-pyrrole nitrogens is 1. The SMILES string of the molecule is CCC1CC(c2ncc3[nH]ccc3n2)CC(c2ccccc2)N1. The summed E-state index contributed by atoms with van der Waals surface area (Å²) in [6.07, 6.45) is 7.13. The van der Waals surface area contributed by atoms with Crippen molar-refractivity contribution in [3.05, 3.63) is 60.2 Å². The van der Waals surface area contributed by atoms with Crippen LogP contribution in [0.25, 0.3) is 11.0 Å². The monoisotopic (exact) mass is 306 g/mol. The highest BCUT2D eigenvalue weighted by Crippen LogP contribution is 2.36. The first-order valence-electron chi connectivity index (χ1n) is 8.44. The highest BCUT2D eigenvalue weighted by Gasteiger charge is 2.30. The van der Waals surface area contributed by atoms with Gasteiger partial charge in [-0.05, 0) is 30.9 Å². The second-order valence-corrected chi connectivity index (χ2v) is 6.41. The summed E-state index contributed by atoms with van der Waals surface area (Å²) >= 11 is 0. The molecule has 0 saturated carbocycles. The van der Waals surface area contributed by atoms with E-state index in [1.54, 1.807) is 0 Å². The standard InChI is InChI=1S/C19H22N4/c1-2-15-10-14(11-17(22-15)13-6-4-3-5-7-13)19-21-12-18-16(23-19)8-9-20-18/h3-9,12,14-15,17,20,22H,2,10-11H2,1H3. The van der Waals surface area contributed by atoms with Gasteiger partial charge in [0.1, 0.15) is 5.82 Å². The molecule has 1 aromatic carbocycles. The van der Waals surface area contributed by atoms with Gasteiger partial charge in [-0.25, -0.2) is 9.97 Å². The van der Waals surface area contributed by atoms with Gasteiger partial charge < -0.3 is 10.3 Å². The molecule has 4 rings (SSSR count). The lowest BCUT2D eigenvalue weighted by Crippen LogP contribution is -2.39. The number of rotatable bonds is 3. The van der Waals surface area contributed by atoms with E-state index in [4.69, 9.17) is 4.98 Å². The minimum absolute atomic E-state index is 0.380. The van der Waals surface area contributed by atoms with E-state index in [-0.39, 0.29) is 0 Å². The van der Waals surface area contributed by atoms with Crippen molar-refractivity contribution >= 4 is 11.0 Å². The molecule has 4 heteroatoms. The van der Waals surface area contributed by atoms with Crippen molar-refractivity contribution in [2.45, 2.75) is 44.2 Å². The minimum Gasteiger partial charge on any atom is -0.359 e. The van der Waals surface area contributed by atoms with E-state index in [0.29, 0.717) is 18.0 Å². The van der Waals surface area contributed by atoms with Crippen molar-refractivity contribution in [1.82, 2.24) is 20.3 Å². The number of hydrogen-bond donors (Lipinski definition) is 2. The largest absolute Gasteiger partial charge is 0.359 e. The van der Waals surface area contributed by atoms with Gasteiger partial charge in [0.2, 0.25) is 0 Å². The Morgan fingerprint density at radius 3 is 2.83 bits per heavy atom. The quantitative estimate of drug-likeness (QED) is 0.770. The van der Waals surface area contributed by atoms with Crippen molar-refractivity contribution in [2.24, 2.45) is 0 Å². The Kier molecular flexibility index (Phi) is 3.83. The Labute approximate surface area is 136 Å². The van der Waals surface area contributed by atoms with E-state index in [9.17, 15) is 0 Å². The van der Waals surface area contributed by atoms with Crippen LogP contribution in [-0.2, 0) is 0 Å². The van der Waals surface area contributed by atoms with Crippen molar-refractivity contribution in [1.29, 1.82) is 0 Å². The van der Waals surface area contributed by atoms with Crippen molar-refractivity contribution in [3.63, 3.8) is 0 Å². The fraction of sp³-hybridized carbons (Fsp3) is 0.368. The Hall–Kier alpha value is -2.20. The topological polar surface area (TPSA) is 53.6 Å². The number of nitrogens with zero attached hydrogens (tertiary/aromatic N) is 2. The highest BCUT2D eigenvalue weighted by atomic mass is 15.0. The van der Waals surface area contributed by atoms with E-state index in [1.807, 2.05) is 18.5 Å². The predicted molar refractivity (Wildman–Crippen MR) is 92.3 cm³/mol. The summed E-state index contributed by atoms with van der Waals surface area (Å²) < 4.78 is 0. The van der Waals surface area contributed by atoms with Gasteiger partial charge in [-0.3, -0.25) is 0 Å². The lowest BCUT2D eigenvalue weighted by Gasteiger charge is -2.35. The molecule has 3 aromatic rings. The van der Waals surface area contributed by atoms with E-state index < -0.39 is 0 Å². The van der Waals surface area contributed by atoms with Crippen molar-refractivity contribution < 1.29 is 0 Å². The Morgan fingerprint density at radius 2 is 2.00 bits per heavy atom. The van der Waals surface area contributed by atoms with Crippen LogP contribution in [0, 0.1) is 0 Å². The molecule has 0 amide bonds. The number of piperidine rings is 1. The van der Waals surface area contributed by atoms with Gasteiger partial charge in [-0.2, -0.15) is 0 Å². The molecule has 2 aromatic heterocycles. The van der Waals surface area contributed by atoms with E-state index in [2.05, 4.69) is 52.5 Å². The molecule has 3 atom stereocenters. The molecule has 4 nitrogen and oxygen atoms in total. The molecule has 0 bridgehead atoms. The second kappa shape index (κ2) is 6.13. The number of benzene rings is 1. The van der Waals surface area contributed by atoms with Crippen LogP contribution in [0.5, 0.6) is 0 Å². The van der Waals surface area contributed by atoms with Gasteiger partial charge in [0, 0.05) is 24.2 Å². The third-order valence-corrected chi connectivity index (χ3v) is 4.90. The zero-order valence-electron chi connectivity index (χ0n) is 13.4. The molecule has 1 saturated heterocycles. The molecule has 1 aliphatic heterocycles. The van der Waals surface area contributed by atoms with Gasteiger partial charge >= 0.3 is 0 Å². The van der Waals surface area contributed by atoms with Crippen molar-refractivity contribution in [2.75, 3.05) is 0 Å². The molecule has 2 N–H and O–H groups in total. The second-order valence-electron chi connectivity index (χ2n) is 6.41. The zero-order chi connectivity index (χ0) is 15.6. The maximum Gasteiger partial charge on any atom is 0.132 e. The summed E-state index contributed by atoms with van der Waals surface area (Å²) in [4.78, 5) is 12.6. The summed E-state index contributed by atoms with van der Waals surface area (Å²) in [5.74, 6) is 1.39. The molecule has 0 radical (unpaired) electrons. The summed E-state index contributed by atoms with van der Waals surface area (Å²) in [6, 6.07) is 13.6. The lowest BCUT2D eigenvalue weighted by atomic mass is 9.83. The first-order chi connectivity index (χ1) is 11.3. The fourth-order valence-electron chi connectivity index (χ4n) is 3.61. The Balaban J connectivity index is 1.64. The van der Waals surface area contributed by atoms with Crippen LogP contribution in [-0.4, -0.2) is 21.0 Å². The summed E-state index contributed by atoms with van der Waals surface area (Å²) in [7, 11) is 0. The van der Waals surface area contributed by atoms with E-state index in [1.165, 1.54) is 5.56 Å². The maximum absolute atomic E-state index is 4.79. The van der Waals surface area contributed by atoms with Crippen LogP contribution in [0.4, 0.5) is 0 Å². The molecule has 118 valence electrons. The van der Waals surface area contributed by atoms with Gasteiger partial charge in [0.05, 0.1) is 17.2 Å². The Morgan fingerprint density at radius 1 is 1.13 bits per heavy atom. The van der Waals surface area contributed by atoms with Crippen LogP contribution in [0.3, 0.4) is 0 Å². The smallest absolute Gasteiger partial charge is 0.132 e. The number of hydrogen-bond acceptors (Lipinski definition) is 3. The maximum atomic E-state index is 4.79. The molecule has 0 aliphatic carbocycles. The summed E-state index contributed by atoms with van der Waals surface area (Å²) in [5.41, 5.74) is 3.38. The molecule has 3 unspecified atom stereocenters. The van der Waals surface area contributed by atoms with Gasteiger partial charge in [0.15, 0.2) is 0 Å². The van der Waals surface area contributed by atoms with Crippen molar-refractivity contribution in [3.8, 4) is 0 Å². The van der Waals surface area contributed by atoms with Crippen LogP contribution in [0.2, 0.25) is 0 Å². The third-order valence-electron chi connectivity index (χ3n) is 4.90. The molecule has 1 aliphatic rings. The Bertz CT molecular complexity index is 780. The summed E-state index contributed by atoms with van der Waals surface area (Å²) in [6.45, 7) is 2.25. The normalized spacial score (nSPS) is 24.8. The molecule has 1 fully saturated rings. The van der Waals surface area contributed by atoms with Crippen LogP contribution >= 0.6 is 0 Å². The molecular weight excluding hydrogens is 284 g/mol. The summed E-state index contributed by atoms with van der Waals surface area (Å²) in [5, 5.41) is 3.79. The lowest BCUT2D eigenvalue weighted by molar-refractivity contribution is 0.281. The third kappa shape index (κ3) is 2.86. The fourth-order valence-corrected chi connectivity index (χ4v) is 3.61. The van der Waals surface area contributed by atoms with Gasteiger partial charge in [-0.1, -0.05) is 37.3 Å². The average Bonchev–Trinajstić information content (AvgIpc) is 3.09. The van der Waals surface area contributed by atoms with Crippen LogP contribution in [0.15, 0.2) is 48.8 Å². The first-order valence-corrected chi connectivity index (χ1v) is 8.44. The number of fused-ring (bicyclic) bond motifs is 1. The van der Waals surface area contributed by atoms with Gasteiger partial charge in [-0.15, -0.1) is 0 Å². The van der Waals surface area contributed by atoms with E-state index >= 15 is 0 Å². The zero-order valence-corrected chi connectivity index (χ0v) is 13.4. The molecule has 0 spiro atoms. The van der Waals surface area contributed by atoms with Gasteiger partial charge in [0.25, 0.3) is 0 Å². The minimum atomic E-state index is 0.380. The number of aromatic amines is 1. The number of nitrogens with one attached hydrogen (secondary N) is 2. The molecule has 3 heterocycles. The molecule has 23 heavy (non-hydrogen) atoms. The van der Waals surface area contributed by atoms with Crippen LogP contribution in [0.1, 0.15) is 49.5 Å². The number of aromatic nitrogens is 3.